The highest BCUT2D eigenvalue weighted by Crippen LogP contribution is 2.24. The summed E-state index contributed by atoms with van der Waals surface area (Å²) in [4.78, 5) is 10.6. The fourth-order valence-corrected chi connectivity index (χ4v) is 1.91. The maximum absolute atomic E-state index is 10.6. The van der Waals surface area contributed by atoms with Crippen LogP contribution < -0.4 is 0 Å². The number of rotatable bonds is 7. The van der Waals surface area contributed by atoms with Gasteiger partial charge in [-0.25, -0.2) is 0 Å². The summed E-state index contributed by atoms with van der Waals surface area (Å²) < 4.78 is 10.0. The van der Waals surface area contributed by atoms with Crippen molar-refractivity contribution < 1.29 is 50.0 Å². The molecule has 0 radical (unpaired) electrons. The Hall–Kier alpha value is -0.690. The largest absolute Gasteiger partial charge is 0.394 e. The third-order valence-corrected chi connectivity index (χ3v) is 3.18. The molecule has 0 aromatic heterocycles. The van der Waals surface area contributed by atoms with Crippen molar-refractivity contribution in [2.75, 3.05) is 13.2 Å². The normalized spacial score (nSPS) is 37.8. The first-order valence-electron chi connectivity index (χ1n) is 6.25. The van der Waals surface area contributed by atoms with Gasteiger partial charge in [0.15, 0.2) is 12.6 Å². The fraction of sp³-hybridized carbons (Fsp3) is 0.909. The molecular weight excluding hydrogens is 292 g/mol. The summed E-state index contributed by atoms with van der Waals surface area (Å²) in [5, 5.41) is 65.6. The maximum Gasteiger partial charge on any atom is 0.187 e. The minimum Gasteiger partial charge on any atom is -0.394 e. The number of aliphatic hydroxyl groups is 7. The Bertz CT molecular complexity index is 324. The average molecular weight is 312 g/mol. The molecule has 10 nitrogen and oxygen atoms in total. The topological polar surface area (TPSA) is 177 Å². The Labute approximate surface area is 119 Å². The van der Waals surface area contributed by atoms with Crippen LogP contribution in [0.15, 0.2) is 0 Å². The van der Waals surface area contributed by atoms with Crippen LogP contribution in [0, 0.1) is 0 Å². The Morgan fingerprint density at radius 2 is 1.71 bits per heavy atom. The van der Waals surface area contributed by atoms with E-state index in [0.29, 0.717) is 0 Å². The summed E-state index contributed by atoms with van der Waals surface area (Å²) in [5.74, 6) is 0. The SMILES string of the molecule is O=C[C@H](O)[C@@H](OC1O[C@H](CO)[C@H](O)[C@H](O)[C@H]1O)[C@@H](O)CO. The number of aldehydes is 1. The van der Waals surface area contributed by atoms with Gasteiger partial charge in [0.25, 0.3) is 0 Å². The summed E-state index contributed by atoms with van der Waals surface area (Å²) in [6.45, 7) is -1.53. The van der Waals surface area contributed by atoms with Crippen molar-refractivity contribution in [3.05, 3.63) is 0 Å². The molecule has 0 spiro atoms. The summed E-state index contributed by atoms with van der Waals surface area (Å²) >= 11 is 0. The van der Waals surface area contributed by atoms with E-state index >= 15 is 0 Å². The lowest BCUT2D eigenvalue weighted by Crippen LogP contribution is -2.61. The van der Waals surface area contributed by atoms with Gasteiger partial charge in [0.2, 0.25) is 0 Å². The predicted molar refractivity (Wildman–Crippen MR) is 63.8 cm³/mol. The molecule has 1 saturated heterocycles. The third kappa shape index (κ3) is 4.16. The Kier molecular flexibility index (Phi) is 7.06. The van der Waals surface area contributed by atoms with E-state index in [0.717, 1.165) is 0 Å². The zero-order chi connectivity index (χ0) is 16.2. The number of hydrogen-bond donors (Lipinski definition) is 7. The second-order valence-corrected chi connectivity index (χ2v) is 4.67. The van der Waals surface area contributed by atoms with Gasteiger partial charge in [-0.2, -0.15) is 0 Å². The van der Waals surface area contributed by atoms with E-state index in [1.54, 1.807) is 0 Å². The molecule has 1 rings (SSSR count). The zero-order valence-corrected chi connectivity index (χ0v) is 11.0. The molecule has 21 heavy (non-hydrogen) atoms. The Balaban J connectivity index is 2.83. The standard InChI is InChI=1S/C11H20O10/c12-1-4(15)10(5(16)2-13)21-11-9(19)8(18)7(17)6(3-14)20-11/h1,4-11,13-19H,2-3H2/t4-,5-,6+,7-,8-,9+,10+,11?/m0/s1. The van der Waals surface area contributed by atoms with Crippen LogP contribution >= 0.6 is 0 Å². The molecule has 1 unspecified atom stereocenters. The van der Waals surface area contributed by atoms with Crippen LogP contribution in [0.1, 0.15) is 0 Å². The van der Waals surface area contributed by atoms with Gasteiger partial charge < -0.3 is 50.0 Å². The van der Waals surface area contributed by atoms with E-state index in [1.165, 1.54) is 0 Å². The van der Waals surface area contributed by atoms with Crippen LogP contribution in [0.5, 0.6) is 0 Å². The molecule has 1 aliphatic rings. The Morgan fingerprint density at radius 3 is 2.19 bits per heavy atom. The first-order chi connectivity index (χ1) is 9.87. The molecule has 0 amide bonds. The van der Waals surface area contributed by atoms with Crippen LogP contribution in [-0.4, -0.2) is 104 Å². The van der Waals surface area contributed by atoms with E-state index in [2.05, 4.69) is 0 Å². The molecule has 10 heteroatoms. The molecule has 8 atom stereocenters. The van der Waals surface area contributed by atoms with Gasteiger partial charge >= 0.3 is 0 Å². The number of carbonyl (C=O) groups excluding carboxylic acids is 1. The van der Waals surface area contributed by atoms with Crippen molar-refractivity contribution in [1.82, 2.24) is 0 Å². The van der Waals surface area contributed by atoms with Crippen LogP contribution in [0.4, 0.5) is 0 Å². The molecule has 0 aliphatic carbocycles. The molecule has 1 fully saturated rings. The number of aliphatic hydroxyl groups excluding tert-OH is 7. The van der Waals surface area contributed by atoms with E-state index < -0.39 is 62.2 Å². The molecule has 0 aromatic rings. The van der Waals surface area contributed by atoms with Gasteiger partial charge in [-0.3, -0.25) is 0 Å². The number of hydrogen-bond acceptors (Lipinski definition) is 10. The van der Waals surface area contributed by atoms with Crippen LogP contribution in [-0.2, 0) is 14.3 Å². The minimum atomic E-state index is -1.82. The van der Waals surface area contributed by atoms with E-state index in [1.807, 2.05) is 0 Å². The highest BCUT2D eigenvalue weighted by Gasteiger charge is 2.46. The van der Waals surface area contributed by atoms with Crippen LogP contribution in [0.2, 0.25) is 0 Å². The van der Waals surface area contributed by atoms with E-state index in [9.17, 15) is 30.3 Å². The van der Waals surface area contributed by atoms with Crippen molar-refractivity contribution in [2.24, 2.45) is 0 Å². The molecule has 1 heterocycles. The van der Waals surface area contributed by atoms with Gasteiger partial charge in [0.1, 0.15) is 42.7 Å². The average Bonchev–Trinajstić information content (AvgIpc) is 2.50. The van der Waals surface area contributed by atoms with Gasteiger partial charge in [-0.15, -0.1) is 0 Å². The Morgan fingerprint density at radius 1 is 1.10 bits per heavy atom. The van der Waals surface area contributed by atoms with Crippen LogP contribution in [0.3, 0.4) is 0 Å². The van der Waals surface area contributed by atoms with Crippen molar-refractivity contribution >= 4 is 6.29 Å². The highest BCUT2D eigenvalue weighted by atomic mass is 16.7. The second kappa shape index (κ2) is 8.08. The summed E-state index contributed by atoms with van der Waals surface area (Å²) in [6.07, 6.45) is -13.0. The smallest absolute Gasteiger partial charge is 0.187 e. The minimum absolute atomic E-state index is 0.0492. The molecule has 7 N–H and O–H groups in total. The second-order valence-electron chi connectivity index (χ2n) is 4.67. The molecule has 1 aliphatic heterocycles. The monoisotopic (exact) mass is 312 g/mol. The zero-order valence-electron chi connectivity index (χ0n) is 11.0. The molecule has 0 saturated carbocycles. The van der Waals surface area contributed by atoms with Crippen molar-refractivity contribution in [2.45, 2.75) is 49.0 Å². The number of ether oxygens (including phenoxy) is 2. The molecule has 0 aromatic carbocycles. The third-order valence-electron chi connectivity index (χ3n) is 3.18. The summed E-state index contributed by atoms with van der Waals surface area (Å²) in [5.41, 5.74) is 0. The quantitative estimate of drug-likeness (QED) is 0.225. The van der Waals surface area contributed by atoms with Gasteiger partial charge in [0, 0.05) is 0 Å². The predicted octanol–water partition coefficient (Wildman–Crippen LogP) is -4.92. The first-order valence-corrected chi connectivity index (χ1v) is 6.25. The first kappa shape index (κ1) is 18.4. The lowest BCUT2D eigenvalue weighted by Gasteiger charge is -2.41. The van der Waals surface area contributed by atoms with E-state index in [4.69, 9.17) is 19.7 Å². The summed E-state index contributed by atoms with van der Waals surface area (Å²) in [7, 11) is 0. The number of carbonyl (C=O) groups is 1. The highest BCUT2D eigenvalue weighted by molar-refractivity contribution is 5.56. The molecular formula is C11H20O10. The molecule has 0 bridgehead atoms. The lowest BCUT2D eigenvalue weighted by atomic mass is 9.99. The maximum atomic E-state index is 10.6. The van der Waals surface area contributed by atoms with Crippen LogP contribution in [0.25, 0.3) is 0 Å². The summed E-state index contributed by atoms with van der Waals surface area (Å²) in [6, 6.07) is 0. The molecule has 124 valence electrons. The lowest BCUT2D eigenvalue weighted by molar-refractivity contribution is -0.322. The fourth-order valence-electron chi connectivity index (χ4n) is 1.91. The van der Waals surface area contributed by atoms with Gasteiger partial charge in [0.05, 0.1) is 13.2 Å². The van der Waals surface area contributed by atoms with E-state index in [-0.39, 0.29) is 6.29 Å². The van der Waals surface area contributed by atoms with Crippen molar-refractivity contribution in [1.29, 1.82) is 0 Å². The van der Waals surface area contributed by atoms with Crippen molar-refractivity contribution in [3.8, 4) is 0 Å². The van der Waals surface area contributed by atoms with Crippen molar-refractivity contribution in [3.63, 3.8) is 0 Å². The van der Waals surface area contributed by atoms with Gasteiger partial charge in [-0.05, 0) is 0 Å². The van der Waals surface area contributed by atoms with Gasteiger partial charge in [-0.1, -0.05) is 0 Å².